The maximum atomic E-state index is 4.46. The molecule has 0 atom stereocenters. The molecule has 0 N–H and O–H groups in total. The number of aromatic nitrogens is 3. The van der Waals surface area contributed by atoms with Gasteiger partial charge in [-0.1, -0.05) is 0 Å². The number of aryl methyl sites for hydroxylation is 1. The van der Waals surface area contributed by atoms with Crippen LogP contribution in [0.25, 0.3) is 5.69 Å². The summed E-state index contributed by atoms with van der Waals surface area (Å²) in [5.41, 5.74) is 4.34. The summed E-state index contributed by atoms with van der Waals surface area (Å²) in [4.78, 5) is 8.73. The first kappa shape index (κ1) is 9.27. The van der Waals surface area contributed by atoms with Crippen molar-refractivity contribution in [3.8, 4) is 5.69 Å². The number of pyridine rings is 1. The zero-order valence-corrected chi connectivity index (χ0v) is 9.09. The Morgan fingerprint density at radius 1 is 1.38 bits per heavy atom. The molecule has 0 fully saturated rings. The Kier molecular flexibility index (Phi) is 2.06. The summed E-state index contributed by atoms with van der Waals surface area (Å²) < 4.78 is 1.88. The number of fused-ring (bicyclic) bond motifs is 1. The molecule has 0 bridgehead atoms. The summed E-state index contributed by atoms with van der Waals surface area (Å²) >= 11 is 0. The van der Waals surface area contributed by atoms with Gasteiger partial charge < -0.3 is 0 Å². The molecule has 4 nitrogen and oxygen atoms in total. The molecule has 0 saturated carbocycles. The average molecular weight is 212 g/mol. The SMILES string of the molecule is Cc1ccnn1-c1cnc2c(c1)C=NCC2. The molecule has 16 heavy (non-hydrogen) atoms. The lowest BCUT2D eigenvalue weighted by molar-refractivity contribution is 0.830. The summed E-state index contributed by atoms with van der Waals surface area (Å²) in [5.74, 6) is 0. The van der Waals surface area contributed by atoms with Gasteiger partial charge in [-0.15, -0.1) is 0 Å². The van der Waals surface area contributed by atoms with Crippen LogP contribution in [0.2, 0.25) is 0 Å². The molecule has 0 saturated heterocycles. The van der Waals surface area contributed by atoms with Gasteiger partial charge in [0.05, 0.1) is 17.6 Å². The normalized spacial score (nSPS) is 13.8. The van der Waals surface area contributed by atoms with E-state index >= 15 is 0 Å². The van der Waals surface area contributed by atoms with Crippen LogP contribution in [0.1, 0.15) is 17.0 Å². The minimum atomic E-state index is 0.847. The van der Waals surface area contributed by atoms with Crippen molar-refractivity contribution in [3.05, 3.63) is 41.5 Å². The van der Waals surface area contributed by atoms with Crippen molar-refractivity contribution < 1.29 is 0 Å². The van der Waals surface area contributed by atoms with Crippen LogP contribution in [-0.4, -0.2) is 27.5 Å². The van der Waals surface area contributed by atoms with E-state index in [1.165, 1.54) is 0 Å². The molecule has 0 unspecified atom stereocenters. The molecular formula is C12H12N4. The highest BCUT2D eigenvalue weighted by Crippen LogP contribution is 2.15. The van der Waals surface area contributed by atoms with Crippen molar-refractivity contribution in [1.29, 1.82) is 0 Å². The van der Waals surface area contributed by atoms with Gasteiger partial charge >= 0.3 is 0 Å². The van der Waals surface area contributed by atoms with Crippen LogP contribution >= 0.6 is 0 Å². The first-order valence-corrected chi connectivity index (χ1v) is 5.34. The standard InChI is InChI=1S/C12H12N4/c1-9-2-5-15-16(9)11-6-10-7-13-4-3-12(10)14-8-11/h2,5-8H,3-4H2,1H3. The van der Waals surface area contributed by atoms with Gasteiger partial charge in [0, 0.05) is 36.6 Å². The number of aliphatic imine (C=N–C) groups is 1. The maximum absolute atomic E-state index is 4.46. The number of rotatable bonds is 1. The molecule has 1 aliphatic rings. The first-order chi connectivity index (χ1) is 7.84. The molecule has 1 aliphatic heterocycles. The molecule has 0 aromatic carbocycles. The fourth-order valence-electron chi connectivity index (χ4n) is 1.91. The van der Waals surface area contributed by atoms with Crippen LogP contribution in [-0.2, 0) is 6.42 Å². The van der Waals surface area contributed by atoms with E-state index in [0.29, 0.717) is 0 Å². The van der Waals surface area contributed by atoms with Crippen molar-refractivity contribution in [2.24, 2.45) is 4.99 Å². The molecule has 80 valence electrons. The van der Waals surface area contributed by atoms with Crippen molar-refractivity contribution in [2.45, 2.75) is 13.3 Å². The van der Waals surface area contributed by atoms with Crippen molar-refractivity contribution >= 4 is 6.21 Å². The smallest absolute Gasteiger partial charge is 0.0838 e. The van der Waals surface area contributed by atoms with Crippen LogP contribution in [0, 0.1) is 6.92 Å². The maximum Gasteiger partial charge on any atom is 0.0838 e. The quantitative estimate of drug-likeness (QED) is 0.719. The van der Waals surface area contributed by atoms with E-state index in [4.69, 9.17) is 0 Å². The summed E-state index contributed by atoms with van der Waals surface area (Å²) in [5, 5.41) is 4.27. The number of hydrogen-bond donors (Lipinski definition) is 0. The monoisotopic (exact) mass is 212 g/mol. The van der Waals surface area contributed by atoms with E-state index in [0.717, 1.165) is 35.6 Å². The Balaban J connectivity index is 2.11. The second-order valence-corrected chi connectivity index (χ2v) is 3.90. The summed E-state index contributed by atoms with van der Waals surface area (Å²) in [7, 11) is 0. The largest absolute Gasteiger partial charge is 0.292 e. The van der Waals surface area contributed by atoms with E-state index in [9.17, 15) is 0 Å². The highest BCUT2D eigenvalue weighted by molar-refractivity contribution is 5.82. The molecule has 3 heterocycles. The molecule has 4 heteroatoms. The van der Waals surface area contributed by atoms with Gasteiger partial charge in [0.25, 0.3) is 0 Å². The lowest BCUT2D eigenvalue weighted by Crippen LogP contribution is -2.08. The van der Waals surface area contributed by atoms with Crippen LogP contribution in [0.3, 0.4) is 0 Å². The van der Waals surface area contributed by atoms with Crippen LogP contribution in [0.5, 0.6) is 0 Å². The minimum absolute atomic E-state index is 0.847. The van der Waals surface area contributed by atoms with Crippen LogP contribution in [0.4, 0.5) is 0 Å². The Morgan fingerprint density at radius 3 is 3.12 bits per heavy atom. The third-order valence-electron chi connectivity index (χ3n) is 2.77. The molecule has 0 aliphatic carbocycles. The van der Waals surface area contributed by atoms with Crippen molar-refractivity contribution in [2.75, 3.05) is 6.54 Å². The van der Waals surface area contributed by atoms with Gasteiger partial charge in [0.15, 0.2) is 0 Å². The van der Waals surface area contributed by atoms with E-state index in [1.54, 1.807) is 6.20 Å². The minimum Gasteiger partial charge on any atom is -0.292 e. The highest BCUT2D eigenvalue weighted by atomic mass is 15.3. The zero-order valence-electron chi connectivity index (χ0n) is 9.09. The predicted molar refractivity (Wildman–Crippen MR) is 62.3 cm³/mol. The summed E-state index contributed by atoms with van der Waals surface area (Å²) in [6.45, 7) is 2.88. The van der Waals surface area contributed by atoms with Crippen LogP contribution in [0.15, 0.2) is 29.5 Å². The number of hydrogen-bond acceptors (Lipinski definition) is 3. The zero-order chi connectivity index (χ0) is 11.0. The number of nitrogens with zero attached hydrogens (tertiary/aromatic N) is 4. The molecule has 0 spiro atoms. The first-order valence-electron chi connectivity index (χ1n) is 5.34. The van der Waals surface area contributed by atoms with Gasteiger partial charge in [-0.3, -0.25) is 9.98 Å². The van der Waals surface area contributed by atoms with Crippen molar-refractivity contribution in [3.63, 3.8) is 0 Å². The second-order valence-electron chi connectivity index (χ2n) is 3.90. The fraction of sp³-hybridized carbons (Fsp3) is 0.250. The molecule has 2 aromatic heterocycles. The third kappa shape index (κ3) is 1.43. The summed E-state index contributed by atoms with van der Waals surface area (Å²) in [6.07, 6.45) is 6.50. The molecule has 0 amide bonds. The Hall–Kier alpha value is -1.97. The Bertz CT molecular complexity index is 554. The molecule has 3 rings (SSSR count). The molecular weight excluding hydrogens is 200 g/mol. The van der Waals surface area contributed by atoms with E-state index in [-0.39, 0.29) is 0 Å². The van der Waals surface area contributed by atoms with Crippen molar-refractivity contribution in [1.82, 2.24) is 14.8 Å². The topological polar surface area (TPSA) is 43.1 Å². The second kappa shape index (κ2) is 3.56. The Labute approximate surface area is 93.7 Å². The molecule has 2 aromatic rings. The molecule has 0 radical (unpaired) electrons. The third-order valence-corrected chi connectivity index (χ3v) is 2.77. The van der Waals surface area contributed by atoms with Gasteiger partial charge in [0.1, 0.15) is 0 Å². The van der Waals surface area contributed by atoms with Gasteiger partial charge in [-0.2, -0.15) is 5.10 Å². The predicted octanol–water partition coefficient (Wildman–Crippen LogP) is 1.55. The van der Waals surface area contributed by atoms with E-state index < -0.39 is 0 Å². The van der Waals surface area contributed by atoms with Gasteiger partial charge in [0.2, 0.25) is 0 Å². The lowest BCUT2D eigenvalue weighted by atomic mass is 10.1. The summed E-state index contributed by atoms with van der Waals surface area (Å²) in [6, 6.07) is 4.07. The van der Waals surface area contributed by atoms with E-state index in [2.05, 4.69) is 21.1 Å². The highest BCUT2D eigenvalue weighted by Gasteiger charge is 2.09. The van der Waals surface area contributed by atoms with Gasteiger partial charge in [-0.25, -0.2) is 4.68 Å². The fourth-order valence-corrected chi connectivity index (χ4v) is 1.91. The van der Waals surface area contributed by atoms with Crippen LogP contribution < -0.4 is 0 Å². The average Bonchev–Trinajstić information content (AvgIpc) is 2.75. The van der Waals surface area contributed by atoms with Gasteiger partial charge in [-0.05, 0) is 19.1 Å². The Morgan fingerprint density at radius 2 is 2.31 bits per heavy atom. The van der Waals surface area contributed by atoms with E-state index in [1.807, 2.05) is 30.1 Å². The lowest BCUT2D eigenvalue weighted by Gasteiger charge is -2.11.